The van der Waals surface area contributed by atoms with Crippen molar-refractivity contribution in [3.05, 3.63) is 77.4 Å². The summed E-state index contributed by atoms with van der Waals surface area (Å²) in [6.45, 7) is 0.0213. The maximum absolute atomic E-state index is 13.7. The van der Waals surface area contributed by atoms with Gasteiger partial charge in [0.05, 0.1) is 30.8 Å². The molecule has 0 radical (unpaired) electrons. The number of halogens is 4. The number of morpholine rings is 1. The molecule has 1 aliphatic heterocycles. The fourth-order valence-corrected chi connectivity index (χ4v) is 5.45. The molecule has 0 unspecified atom stereocenters. The molecule has 1 saturated heterocycles. The summed E-state index contributed by atoms with van der Waals surface area (Å²) < 4.78 is 92.0. The standard InChI is InChI=1S/C25H23F4N3O5S/c1-36-23-13-19(26)2-3-22(23)21-4-5-30-14-17(21)15-31-24(33)16-10-18(25(27,28)29)12-20(11-16)38(34,35)32-6-8-37-9-7-32/h2-5,10-14H,6-9,15H2,1H3,(H,31,33). The largest absolute Gasteiger partial charge is 0.496 e. The Labute approximate surface area is 216 Å². The highest BCUT2D eigenvalue weighted by molar-refractivity contribution is 7.89. The van der Waals surface area contributed by atoms with Crippen LogP contribution in [0.25, 0.3) is 11.1 Å². The highest BCUT2D eigenvalue weighted by atomic mass is 32.2. The van der Waals surface area contributed by atoms with E-state index in [-0.39, 0.29) is 38.6 Å². The molecular weight excluding hydrogens is 530 g/mol. The number of pyridine rings is 1. The van der Waals surface area contributed by atoms with Crippen LogP contribution < -0.4 is 10.1 Å². The predicted molar refractivity (Wildman–Crippen MR) is 128 cm³/mol. The molecule has 2 heterocycles. The molecule has 0 saturated carbocycles. The van der Waals surface area contributed by atoms with E-state index in [4.69, 9.17) is 9.47 Å². The van der Waals surface area contributed by atoms with Gasteiger partial charge < -0.3 is 14.8 Å². The summed E-state index contributed by atoms with van der Waals surface area (Å²) in [7, 11) is -2.93. The van der Waals surface area contributed by atoms with Crippen molar-refractivity contribution in [1.82, 2.24) is 14.6 Å². The molecule has 38 heavy (non-hydrogen) atoms. The average Bonchev–Trinajstić information content (AvgIpc) is 2.91. The van der Waals surface area contributed by atoms with Crippen molar-refractivity contribution in [2.24, 2.45) is 0 Å². The van der Waals surface area contributed by atoms with Crippen molar-refractivity contribution in [2.75, 3.05) is 33.4 Å². The molecule has 1 fully saturated rings. The lowest BCUT2D eigenvalue weighted by molar-refractivity contribution is -0.137. The third kappa shape index (κ3) is 5.95. The van der Waals surface area contributed by atoms with Crippen molar-refractivity contribution in [1.29, 1.82) is 0 Å². The Bertz CT molecular complexity index is 1440. The third-order valence-corrected chi connectivity index (χ3v) is 7.78. The first-order valence-electron chi connectivity index (χ1n) is 11.4. The van der Waals surface area contributed by atoms with Gasteiger partial charge in [-0.2, -0.15) is 17.5 Å². The second-order valence-electron chi connectivity index (χ2n) is 8.32. The van der Waals surface area contributed by atoms with Crippen LogP contribution in [0.5, 0.6) is 5.75 Å². The van der Waals surface area contributed by atoms with Crippen LogP contribution in [0.3, 0.4) is 0 Å². The van der Waals surface area contributed by atoms with Crippen LogP contribution in [0.4, 0.5) is 17.6 Å². The number of carbonyl (C=O) groups is 1. The molecule has 1 aliphatic rings. The van der Waals surface area contributed by atoms with Gasteiger partial charge in [-0.3, -0.25) is 9.78 Å². The van der Waals surface area contributed by atoms with Crippen molar-refractivity contribution < 1.29 is 40.2 Å². The Balaban J connectivity index is 1.64. The second kappa shape index (κ2) is 11.1. The number of sulfonamides is 1. The fourth-order valence-electron chi connectivity index (χ4n) is 3.97. The van der Waals surface area contributed by atoms with Crippen LogP contribution >= 0.6 is 0 Å². The SMILES string of the molecule is COc1cc(F)ccc1-c1ccncc1CNC(=O)c1cc(C(F)(F)F)cc(S(=O)(=O)N2CCOCC2)c1. The Morgan fingerprint density at radius 3 is 2.53 bits per heavy atom. The lowest BCUT2D eigenvalue weighted by Gasteiger charge is -2.26. The van der Waals surface area contributed by atoms with E-state index in [0.29, 0.717) is 28.8 Å². The van der Waals surface area contributed by atoms with Crippen molar-refractivity contribution >= 4 is 15.9 Å². The monoisotopic (exact) mass is 553 g/mol. The number of alkyl halides is 3. The maximum Gasteiger partial charge on any atom is 0.416 e. The zero-order chi connectivity index (χ0) is 27.5. The normalized spacial score (nSPS) is 14.8. The van der Waals surface area contributed by atoms with Crippen LogP contribution in [0.15, 0.2) is 59.8 Å². The average molecular weight is 554 g/mol. The second-order valence-corrected chi connectivity index (χ2v) is 10.3. The summed E-state index contributed by atoms with van der Waals surface area (Å²) in [5.41, 5.74) is -0.208. The Morgan fingerprint density at radius 2 is 1.84 bits per heavy atom. The summed E-state index contributed by atoms with van der Waals surface area (Å²) in [5, 5.41) is 2.52. The minimum atomic E-state index is -4.89. The van der Waals surface area contributed by atoms with Gasteiger partial charge in [0.25, 0.3) is 5.91 Å². The first-order valence-corrected chi connectivity index (χ1v) is 12.8. The van der Waals surface area contributed by atoms with Crippen LogP contribution in [0.2, 0.25) is 0 Å². The first kappa shape index (κ1) is 27.5. The van der Waals surface area contributed by atoms with Crippen LogP contribution in [0.1, 0.15) is 21.5 Å². The first-order chi connectivity index (χ1) is 18.0. The van der Waals surface area contributed by atoms with Gasteiger partial charge in [0.1, 0.15) is 11.6 Å². The van der Waals surface area contributed by atoms with Gasteiger partial charge in [-0.15, -0.1) is 0 Å². The number of ether oxygens (including phenoxy) is 2. The number of hydrogen-bond donors (Lipinski definition) is 1. The number of nitrogens with zero attached hydrogens (tertiary/aromatic N) is 2. The number of carbonyl (C=O) groups excluding carboxylic acids is 1. The molecule has 202 valence electrons. The topological polar surface area (TPSA) is 97.8 Å². The lowest BCUT2D eigenvalue weighted by atomic mass is 10.0. The molecule has 2 aromatic carbocycles. The van der Waals surface area contributed by atoms with E-state index >= 15 is 0 Å². The van der Waals surface area contributed by atoms with Gasteiger partial charge in [0, 0.05) is 49.2 Å². The molecule has 3 aromatic rings. The Kier molecular flexibility index (Phi) is 7.99. The lowest BCUT2D eigenvalue weighted by Crippen LogP contribution is -2.40. The fraction of sp³-hybridized carbons (Fsp3) is 0.280. The third-order valence-electron chi connectivity index (χ3n) is 5.90. The number of rotatable bonds is 7. The van der Waals surface area contributed by atoms with E-state index in [0.717, 1.165) is 10.4 Å². The molecule has 0 atom stereocenters. The van der Waals surface area contributed by atoms with E-state index in [1.807, 2.05) is 0 Å². The molecule has 13 heteroatoms. The Morgan fingerprint density at radius 1 is 1.11 bits per heavy atom. The van der Waals surface area contributed by atoms with Gasteiger partial charge in [-0.05, 0) is 47.5 Å². The molecular formula is C25H23F4N3O5S. The summed E-state index contributed by atoms with van der Waals surface area (Å²) in [4.78, 5) is 16.4. The maximum atomic E-state index is 13.7. The number of aromatic nitrogens is 1. The van der Waals surface area contributed by atoms with Crippen LogP contribution in [-0.2, 0) is 27.5 Å². The number of hydrogen-bond acceptors (Lipinski definition) is 6. The van der Waals surface area contributed by atoms with E-state index in [2.05, 4.69) is 10.3 Å². The number of amides is 1. The van der Waals surface area contributed by atoms with Crippen LogP contribution in [-0.4, -0.2) is 57.0 Å². The minimum absolute atomic E-state index is 0.0171. The molecule has 4 rings (SSSR count). The predicted octanol–water partition coefficient (Wildman–Crippen LogP) is 3.87. The smallest absolute Gasteiger partial charge is 0.416 e. The van der Waals surface area contributed by atoms with E-state index in [1.54, 1.807) is 6.07 Å². The van der Waals surface area contributed by atoms with Crippen molar-refractivity contribution in [3.8, 4) is 16.9 Å². The van der Waals surface area contributed by atoms with Crippen molar-refractivity contribution in [2.45, 2.75) is 17.6 Å². The molecule has 1 aromatic heterocycles. The number of nitrogens with one attached hydrogen (secondary N) is 1. The molecule has 0 bridgehead atoms. The molecule has 1 amide bonds. The van der Waals surface area contributed by atoms with Crippen molar-refractivity contribution in [3.63, 3.8) is 0 Å². The van der Waals surface area contributed by atoms with E-state index < -0.39 is 43.9 Å². The summed E-state index contributed by atoms with van der Waals surface area (Å²) in [6, 6.07) is 7.57. The zero-order valence-corrected chi connectivity index (χ0v) is 20.9. The summed E-state index contributed by atoms with van der Waals surface area (Å²) in [5.74, 6) is -1.20. The zero-order valence-electron chi connectivity index (χ0n) is 20.1. The molecule has 0 spiro atoms. The van der Waals surface area contributed by atoms with Gasteiger partial charge in [-0.25, -0.2) is 12.8 Å². The van der Waals surface area contributed by atoms with Gasteiger partial charge in [0.2, 0.25) is 10.0 Å². The van der Waals surface area contributed by atoms with Crippen LogP contribution in [0, 0.1) is 5.82 Å². The Hall–Kier alpha value is -3.55. The minimum Gasteiger partial charge on any atom is -0.496 e. The van der Waals surface area contributed by atoms with Gasteiger partial charge >= 0.3 is 6.18 Å². The molecule has 0 aliphatic carbocycles. The summed E-state index contributed by atoms with van der Waals surface area (Å²) in [6.07, 6.45) is -1.96. The highest BCUT2D eigenvalue weighted by Gasteiger charge is 2.35. The van der Waals surface area contributed by atoms with E-state index in [1.165, 1.54) is 37.7 Å². The van der Waals surface area contributed by atoms with E-state index in [9.17, 15) is 30.8 Å². The highest BCUT2D eigenvalue weighted by Crippen LogP contribution is 2.34. The summed E-state index contributed by atoms with van der Waals surface area (Å²) >= 11 is 0. The quantitative estimate of drug-likeness (QED) is 0.447. The molecule has 8 nitrogen and oxygen atoms in total. The number of benzene rings is 2. The van der Waals surface area contributed by atoms with Gasteiger partial charge in [-0.1, -0.05) is 0 Å². The molecule has 1 N–H and O–H groups in total. The van der Waals surface area contributed by atoms with Gasteiger partial charge in [0.15, 0.2) is 0 Å². The number of methoxy groups -OCH3 is 1.